The van der Waals surface area contributed by atoms with Crippen molar-refractivity contribution in [3.8, 4) is 0 Å². The molecule has 2 rings (SSSR count). The standard InChI is InChI=1S/C17H31N7O/c1-3-23(14-17-21-6-7-22-17)10-11-24(13-15(2)25)9-8-18-12-16-19-4-5-20-16/h4-7,15,18,25H,3,8-14H2,1-2H3,(H,19,20)(H,21,22)/t15-/m0/s1. The molecule has 140 valence electrons. The van der Waals surface area contributed by atoms with Gasteiger partial charge in [0.05, 0.1) is 19.2 Å². The Bertz CT molecular complexity index is 541. The lowest BCUT2D eigenvalue weighted by molar-refractivity contribution is 0.115. The van der Waals surface area contributed by atoms with Gasteiger partial charge in [0.1, 0.15) is 11.6 Å². The average molecular weight is 349 g/mol. The number of aliphatic hydroxyl groups excluding tert-OH is 1. The smallest absolute Gasteiger partial charge is 0.120 e. The van der Waals surface area contributed by atoms with Gasteiger partial charge in [-0.15, -0.1) is 0 Å². The third-order valence-corrected chi connectivity index (χ3v) is 4.08. The molecule has 0 spiro atoms. The number of aromatic nitrogens is 4. The summed E-state index contributed by atoms with van der Waals surface area (Å²) >= 11 is 0. The van der Waals surface area contributed by atoms with Crippen molar-refractivity contribution in [3.05, 3.63) is 36.4 Å². The maximum Gasteiger partial charge on any atom is 0.120 e. The van der Waals surface area contributed by atoms with Crippen molar-refractivity contribution in [1.82, 2.24) is 35.1 Å². The first kappa shape index (κ1) is 19.6. The summed E-state index contributed by atoms with van der Waals surface area (Å²) < 4.78 is 0. The van der Waals surface area contributed by atoms with Gasteiger partial charge in [0.15, 0.2) is 0 Å². The predicted molar refractivity (Wildman–Crippen MR) is 98.0 cm³/mol. The Labute approximate surface area is 149 Å². The molecule has 0 fully saturated rings. The number of imidazole rings is 2. The fourth-order valence-electron chi connectivity index (χ4n) is 2.73. The van der Waals surface area contributed by atoms with Crippen molar-refractivity contribution in [3.63, 3.8) is 0 Å². The molecule has 25 heavy (non-hydrogen) atoms. The van der Waals surface area contributed by atoms with Crippen molar-refractivity contribution in [1.29, 1.82) is 0 Å². The zero-order chi connectivity index (χ0) is 17.9. The molecule has 1 atom stereocenters. The zero-order valence-electron chi connectivity index (χ0n) is 15.3. The van der Waals surface area contributed by atoms with Gasteiger partial charge in [0.2, 0.25) is 0 Å². The normalized spacial score (nSPS) is 13.0. The summed E-state index contributed by atoms with van der Waals surface area (Å²) in [5.74, 6) is 1.93. The van der Waals surface area contributed by atoms with Gasteiger partial charge in [0.25, 0.3) is 0 Å². The molecule has 0 radical (unpaired) electrons. The van der Waals surface area contributed by atoms with Crippen LogP contribution in [0.5, 0.6) is 0 Å². The second-order valence-electron chi connectivity index (χ2n) is 6.27. The Morgan fingerprint density at radius 1 is 1.08 bits per heavy atom. The Kier molecular flexibility index (Phi) is 8.61. The lowest BCUT2D eigenvalue weighted by Crippen LogP contribution is -2.41. The van der Waals surface area contributed by atoms with E-state index < -0.39 is 0 Å². The summed E-state index contributed by atoms with van der Waals surface area (Å²) in [6.45, 7) is 10.8. The van der Waals surface area contributed by atoms with E-state index in [-0.39, 0.29) is 6.10 Å². The molecule has 0 unspecified atom stereocenters. The van der Waals surface area contributed by atoms with E-state index in [1.54, 1.807) is 12.4 Å². The molecule has 0 aliphatic rings. The molecule has 8 heteroatoms. The van der Waals surface area contributed by atoms with E-state index in [9.17, 15) is 5.11 Å². The molecule has 2 aromatic rings. The molecule has 0 saturated carbocycles. The second-order valence-corrected chi connectivity index (χ2v) is 6.27. The van der Waals surface area contributed by atoms with Gasteiger partial charge in [-0.2, -0.15) is 0 Å². The average Bonchev–Trinajstić information content (AvgIpc) is 3.28. The first-order valence-corrected chi connectivity index (χ1v) is 8.97. The van der Waals surface area contributed by atoms with Crippen LogP contribution in [0.2, 0.25) is 0 Å². The molecule has 0 bridgehead atoms. The molecule has 0 aliphatic carbocycles. The molecule has 8 nitrogen and oxygen atoms in total. The minimum Gasteiger partial charge on any atom is -0.392 e. The van der Waals surface area contributed by atoms with E-state index in [0.29, 0.717) is 6.54 Å². The van der Waals surface area contributed by atoms with Gasteiger partial charge in [-0.05, 0) is 13.5 Å². The molecular formula is C17H31N7O. The summed E-state index contributed by atoms with van der Waals surface area (Å²) in [6, 6.07) is 0. The van der Waals surface area contributed by atoms with E-state index in [1.165, 1.54) is 0 Å². The van der Waals surface area contributed by atoms with Gasteiger partial charge in [-0.3, -0.25) is 9.80 Å². The van der Waals surface area contributed by atoms with Crippen LogP contribution in [0.1, 0.15) is 25.5 Å². The van der Waals surface area contributed by atoms with Crippen molar-refractivity contribution in [2.24, 2.45) is 0 Å². The first-order valence-electron chi connectivity index (χ1n) is 8.97. The first-order chi connectivity index (χ1) is 12.2. The van der Waals surface area contributed by atoms with Gasteiger partial charge in [-0.1, -0.05) is 6.92 Å². The van der Waals surface area contributed by atoms with Crippen molar-refractivity contribution < 1.29 is 5.11 Å². The van der Waals surface area contributed by atoms with Gasteiger partial charge < -0.3 is 20.4 Å². The molecule has 0 saturated heterocycles. The van der Waals surface area contributed by atoms with Crippen molar-refractivity contribution in [2.45, 2.75) is 33.0 Å². The van der Waals surface area contributed by atoms with Crippen molar-refractivity contribution >= 4 is 0 Å². The van der Waals surface area contributed by atoms with Gasteiger partial charge in [0, 0.05) is 57.5 Å². The zero-order valence-corrected chi connectivity index (χ0v) is 15.3. The number of aliphatic hydroxyl groups is 1. The van der Waals surface area contributed by atoms with Crippen LogP contribution in [-0.4, -0.2) is 80.2 Å². The number of aromatic amines is 2. The SMILES string of the molecule is CCN(CCN(CCNCc1ncc[nH]1)C[C@H](C)O)Cc1ncc[nH]1. The highest BCUT2D eigenvalue weighted by atomic mass is 16.3. The number of nitrogens with one attached hydrogen (secondary N) is 3. The Hall–Kier alpha value is -1.74. The number of likely N-dealkylation sites (N-methyl/N-ethyl adjacent to an activating group) is 1. The molecule has 0 aromatic carbocycles. The number of rotatable bonds is 13. The Morgan fingerprint density at radius 3 is 2.36 bits per heavy atom. The number of nitrogens with zero attached hydrogens (tertiary/aromatic N) is 4. The maximum absolute atomic E-state index is 9.75. The van der Waals surface area contributed by atoms with E-state index in [1.807, 2.05) is 19.3 Å². The Balaban J connectivity index is 1.71. The van der Waals surface area contributed by atoms with Crippen LogP contribution in [0.25, 0.3) is 0 Å². The maximum atomic E-state index is 9.75. The summed E-state index contributed by atoms with van der Waals surface area (Å²) in [6.07, 6.45) is 6.90. The van der Waals surface area contributed by atoms with E-state index >= 15 is 0 Å². The summed E-state index contributed by atoms with van der Waals surface area (Å²) in [5.41, 5.74) is 0. The van der Waals surface area contributed by atoms with Crippen LogP contribution < -0.4 is 5.32 Å². The highest BCUT2D eigenvalue weighted by Crippen LogP contribution is 2.00. The fraction of sp³-hybridized carbons (Fsp3) is 0.647. The van der Waals surface area contributed by atoms with Crippen LogP contribution in [0.4, 0.5) is 0 Å². The molecular weight excluding hydrogens is 318 g/mol. The summed E-state index contributed by atoms with van der Waals surface area (Å²) in [4.78, 5) is 19.4. The number of hydrogen-bond acceptors (Lipinski definition) is 6. The third kappa shape index (κ3) is 7.78. The Morgan fingerprint density at radius 2 is 1.76 bits per heavy atom. The second kappa shape index (κ2) is 11.0. The van der Waals surface area contributed by atoms with Crippen LogP contribution in [0, 0.1) is 0 Å². The molecule has 0 aliphatic heterocycles. The number of H-pyrrole nitrogens is 2. The molecule has 2 heterocycles. The minimum absolute atomic E-state index is 0.328. The minimum atomic E-state index is -0.328. The quantitative estimate of drug-likeness (QED) is 0.392. The highest BCUT2D eigenvalue weighted by molar-refractivity contribution is 4.87. The largest absolute Gasteiger partial charge is 0.392 e. The lowest BCUT2D eigenvalue weighted by atomic mass is 10.3. The summed E-state index contributed by atoms with van der Waals surface area (Å²) in [5, 5.41) is 13.1. The fourth-order valence-corrected chi connectivity index (χ4v) is 2.73. The van der Waals surface area contributed by atoms with Crippen LogP contribution in [0.3, 0.4) is 0 Å². The summed E-state index contributed by atoms with van der Waals surface area (Å²) in [7, 11) is 0. The topological polar surface area (TPSA) is 96.1 Å². The molecule has 0 amide bonds. The van der Waals surface area contributed by atoms with E-state index in [0.717, 1.165) is 57.5 Å². The van der Waals surface area contributed by atoms with Crippen LogP contribution in [0.15, 0.2) is 24.8 Å². The van der Waals surface area contributed by atoms with Crippen molar-refractivity contribution in [2.75, 3.05) is 39.3 Å². The van der Waals surface area contributed by atoms with Crippen LogP contribution in [-0.2, 0) is 13.1 Å². The van der Waals surface area contributed by atoms with Crippen LogP contribution >= 0.6 is 0 Å². The lowest BCUT2D eigenvalue weighted by Gasteiger charge is -2.27. The van der Waals surface area contributed by atoms with Gasteiger partial charge >= 0.3 is 0 Å². The third-order valence-electron chi connectivity index (χ3n) is 4.08. The molecule has 4 N–H and O–H groups in total. The van der Waals surface area contributed by atoms with Gasteiger partial charge in [-0.25, -0.2) is 9.97 Å². The molecule has 2 aromatic heterocycles. The highest BCUT2D eigenvalue weighted by Gasteiger charge is 2.11. The number of hydrogen-bond donors (Lipinski definition) is 4. The van der Waals surface area contributed by atoms with E-state index in [2.05, 4.69) is 42.0 Å². The monoisotopic (exact) mass is 349 g/mol. The van der Waals surface area contributed by atoms with E-state index in [4.69, 9.17) is 0 Å². The predicted octanol–water partition coefficient (Wildman–Crippen LogP) is 0.427.